The number of esters is 1. The van der Waals surface area contributed by atoms with Crippen molar-refractivity contribution in [1.82, 2.24) is 4.98 Å². The van der Waals surface area contributed by atoms with Crippen molar-refractivity contribution in [3.8, 4) is 0 Å². The normalized spacial score (nSPS) is 10.3. The predicted molar refractivity (Wildman–Crippen MR) is 72.7 cm³/mol. The number of aryl methyl sites for hydroxylation is 1. The van der Waals surface area contributed by atoms with Crippen LogP contribution in [0.2, 0.25) is 0 Å². The molecule has 0 N–H and O–H groups in total. The Morgan fingerprint density at radius 2 is 2.00 bits per heavy atom. The average Bonchev–Trinajstić information content (AvgIpc) is 2.80. The smallest absolute Gasteiger partial charge is 0.350 e. The van der Waals surface area contributed by atoms with E-state index >= 15 is 0 Å². The minimum Gasteiger partial charge on any atom is -0.465 e. The number of carbonyl (C=O) groups excluding carboxylic acids is 1. The first-order chi connectivity index (χ1) is 9.02. The molecule has 0 spiro atoms. The van der Waals surface area contributed by atoms with Gasteiger partial charge in [-0.3, -0.25) is 0 Å². The number of methoxy groups -OCH3 is 1. The second-order valence-corrected chi connectivity index (χ2v) is 4.92. The Bertz CT molecular complexity index is 595. The number of carbonyl (C=O) groups is 1. The zero-order valence-corrected chi connectivity index (χ0v) is 11.6. The van der Waals surface area contributed by atoms with Gasteiger partial charge in [-0.1, -0.05) is 11.3 Å². The Morgan fingerprint density at radius 3 is 2.58 bits per heavy atom. The molecule has 100 valence electrons. The molecule has 0 amide bonds. The van der Waals surface area contributed by atoms with Gasteiger partial charge < -0.3 is 9.64 Å². The SMILES string of the molecule is COC(=O)c1sc(N(C)c2ccc(F)cc2)nc1C. The fourth-order valence-electron chi connectivity index (χ4n) is 1.58. The number of halogens is 1. The van der Waals surface area contributed by atoms with Crippen LogP contribution in [0.1, 0.15) is 15.4 Å². The molecule has 1 heterocycles. The van der Waals surface area contributed by atoms with Crippen molar-refractivity contribution < 1.29 is 13.9 Å². The summed E-state index contributed by atoms with van der Waals surface area (Å²) in [5.74, 6) is -0.684. The molecule has 2 rings (SSSR count). The number of nitrogens with zero attached hydrogens (tertiary/aromatic N) is 2. The van der Waals surface area contributed by atoms with E-state index in [4.69, 9.17) is 4.74 Å². The summed E-state index contributed by atoms with van der Waals surface area (Å²) in [4.78, 5) is 18.1. The van der Waals surface area contributed by atoms with Crippen LogP contribution >= 0.6 is 11.3 Å². The van der Waals surface area contributed by atoms with Crippen LogP contribution in [-0.4, -0.2) is 25.1 Å². The third kappa shape index (κ3) is 2.73. The van der Waals surface area contributed by atoms with Gasteiger partial charge in [-0.25, -0.2) is 14.2 Å². The molecule has 0 saturated carbocycles. The van der Waals surface area contributed by atoms with Crippen LogP contribution in [0.4, 0.5) is 15.2 Å². The van der Waals surface area contributed by atoms with Gasteiger partial charge in [-0.05, 0) is 31.2 Å². The predicted octanol–water partition coefficient (Wildman–Crippen LogP) is 3.15. The molecule has 0 aliphatic carbocycles. The van der Waals surface area contributed by atoms with Crippen molar-refractivity contribution in [2.24, 2.45) is 0 Å². The van der Waals surface area contributed by atoms with Crippen molar-refractivity contribution >= 4 is 28.1 Å². The summed E-state index contributed by atoms with van der Waals surface area (Å²) in [6, 6.07) is 6.08. The molecule has 19 heavy (non-hydrogen) atoms. The van der Waals surface area contributed by atoms with Crippen LogP contribution < -0.4 is 4.90 Å². The molecule has 0 fully saturated rings. The molecule has 0 bridgehead atoms. The fraction of sp³-hybridized carbons (Fsp3) is 0.231. The highest BCUT2D eigenvalue weighted by Gasteiger charge is 2.18. The lowest BCUT2D eigenvalue weighted by atomic mass is 10.3. The monoisotopic (exact) mass is 280 g/mol. The van der Waals surface area contributed by atoms with E-state index < -0.39 is 5.97 Å². The Labute approximate surface area is 114 Å². The molecule has 4 nitrogen and oxygen atoms in total. The Morgan fingerprint density at radius 1 is 1.37 bits per heavy atom. The summed E-state index contributed by atoms with van der Waals surface area (Å²) in [7, 11) is 3.15. The van der Waals surface area contributed by atoms with Crippen molar-refractivity contribution in [3.63, 3.8) is 0 Å². The zero-order valence-electron chi connectivity index (χ0n) is 10.8. The van der Waals surface area contributed by atoms with Crippen molar-refractivity contribution in [1.29, 1.82) is 0 Å². The zero-order chi connectivity index (χ0) is 14.0. The Hall–Kier alpha value is -1.95. The Kier molecular flexibility index (Phi) is 3.80. The van der Waals surface area contributed by atoms with Crippen LogP contribution in [0.5, 0.6) is 0 Å². The fourth-order valence-corrected chi connectivity index (χ4v) is 2.55. The highest BCUT2D eigenvalue weighted by Crippen LogP contribution is 2.30. The number of ether oxygens (including phenoxy) is 1. The summed E-state index contributed by atoms with van der Waals surface area (Å²) in [5.41, 5.74) is 1.42. The number of thiazole rings is 1. The lowest BCUT2D eigenvalue weighted by Gasteiger charge is -2.15. The summed E-state index contributed by atoms with van der Waals surface area (Å²) in [5, 5.41) is 0.657. The molecule has 2 aromatic rings. The lowest BCUT2D eigenvalue weighted by molar-refractivity contribution is 0.0605. The van der Waals surface area contributed by atoms with Gasteiger partial charge in [-0.15, -0.1) is 0 Å². The number of benzene rings is 1. The molecule has 0 unspecified atom stereocenters. The standard InChI is InChI=1S/C13H13FN2O2S/c1-8-11(12(17)18-3)19-13(15-8)16(2)10-6-4-9(14)5-7-10/h4-7H,1-3H3. The summed E-state index contributed by atoms with van der Waals surface area (Å²) >= 11 is 1.25. The second kappa shape index (κ2) is 5.36. The number of hydrogen-bond acceptors (Lipinski definition) is 5. The summed E-state index contributed by atoms with van der Waals surface area (Å²) < 4.78 is 17.6. The van der Waals surface area contributed by atoms with E-state index in [9.17, 15) is 9.18 Å². The van der Waals surface area contributed by atoms with Gasteiger partial charge >= 0.3 is 5.97 Å². The van der Waals surface area contributed by atoms with Crippen LogP contribution in [0.15, 0.2) is 24.3 Å². The highest BCUT2D eigenvalue weighted by molar-refractivity contribution is 7.17. The van der Waals surface area contributed by atoms with E-state index in [1.165, 1.54) is 30.6 Å². The largest absolute Gasteiger partial charge is 0.465 e. The molecule has 0 aliphatic rings. The molecular formula is C13H13FN2O2S. The van der Waals surface area contributed by atoms with E-state index in [1.807, 2.05) is 7.05 Å². The molecule has 1 aromatic heterocycles. The van der Waals surface area contributed by atoms with E-state index in [-0.39, 0.29) is 5.82 Å². The van der Waals surface area contributed by atoms with Crippen molar-refractivity contribution in [3.05, 3.63) is 40.7 Å². The van der Waals surface area contributed by atoms with Crippen molar-refractivity contribution in [2.75, 3.05) is 19.1 Å². The minimum absolute atomic E-state index is 0.289. The van der Waals surface area contributed by atoms with Gasteiger partial charge in [0.25, 0.3) is 0 Å². The van der Waals surface area contributed by atoms with Crippen LogP contribution in [-0.2, 0) is 4.74 Å². The van der Waals surface area contributed by atoms with Crippen molar-refractivity contribution in [2.45, 2.75) is 6.92 Å². The van der Waals surface area contributed by atoms with Gasteiger partial charge in [0.05, 0.1) is 12.8 Å². The molecule has 0 atom stereocenters. The maximum atomic E-state index is 12.9. The van der Waals surface area contributed by atoms with E-state index in [0.717, 1.165) is 5.69 Å². The highest BCUT2D eigenvalue weighted by atomic mass is 32.1. The number of hydrogen-bond donors (Lipinski definition) is 0. The van der Waals surface area contributed by atoms with Gasteiger partial charge in [-0.2, -0.15) is 0 Å². The Balaban J connectivity index is 2.31. The first kappa shape index (κ1) is 13.5. The summed E-state index contributed by atoms with van der Waals surface area (Å²) in [6.07, 6.45) is 0. The first-order valence-corrected chi connectivity index (χ1v) is 6.39. The quantitative estimate of drug-likeness (QED) is 0.810. The lowest BCUT2D eigenvalue weighted by Crippen LogP contribution is -2.08. The third-order valence-electron chi connectivity index (χ3n) is 2.66. The molecular weight excluding hydrogens is 267 g/mol. The van der Waals surface area contributed by atoms with Gasteiger partial charge in [0, 0.05) is 12.7 Å². The first-order valence-electron chi connectivity index (χ1n) is 5.58. The average molecular weight is 280 g/mol. The molecule has 0 aliphatic heterocycles. The van der Waals surface area contributed by atoms with Gasteiger partial charge in [0.2, 0.25) is 0 Å². The molecule has 6 heteroatoms. The van der Waals surface area contributed by atoms with Crippen LogP contribution in [0, 0.1) is 12.7 Å². The molecule has 0 saturated heterocycles. The van der Waals surface area contributed by atoms with E-state index in [0.29, 0.717) is 15.7 Å². The second-order valence-electron chi connectivity index (χ2n) is 3.94. The maximum Gasteiger partial charge on any atom is 0.350 e. The van der Waals surface area contributed by atoms with Crippen LogP contribution in [0.25, 0.3) is 0 Å². The molecule has 1 aromatic carbocycles. The number of rotatable bonds is 3. The minimum atomic E-state index is -0.395. The van der Waals surface area contributed by atoms with E-state index in [2.05, 4.69) is 4.98 Å². The summed E-state index contributed by atoms with van der Waals surface area (Å²) in [6.45, 7) is 1.75. The number of anilines is 2. The third-order valence-corrected chi connectivity index (χ3v) is 3.87. The van der Waals surface area contributed by atoms with Gasteiger partial charge in [0.15, 0.2) is 5.13 Å². The maximum absolute atomic E-state index is 12.9. The van der Waals surface area contributed by atoms with Crippen LogP contribution in [0.3, 0.4) is 0 Å². The van der Waals surface area contributed by atoms with E-state index in [1.54, 1.807) is 24.0 Å². The molecule has 0 radical (unpaired) electrons. The topological polar surface area (TPSA) is 42.4 Å². The van der Waals surface area contributed by atoms with Gasteiger partial charge in [0.1, 0.15) is 10.7 Å². The number of aromatic nitrogens is 1.